The molecule has 3 rings (SSSR count). The second-order valence-electron chi connectivity index (χ2n) is 5.37. The predicted octanol–water partition coefficient (Wildman–Crippen LogP) is 2.02. The smallest absolute Gasteiger partial charge is 0.223 e. The molecular formula is C13H19N3O. The minimum absolute atomic E-state index is 0.0365. The summed E-state index contributed by atoms with van der Waals surface area (Å²) in [5.41, 5.74) is 0. The van der Waals surface area contributed by atoms with Crippen molar-refractivity contribution in [3.05, 3.63) is 18.2 Å². The highest BCUT2D eigenvalue weighted by atomic mass is 16.2. The van der Waals surface area contributed by atoms with Crippen LogP contribution >= 0.6 is 0 Å². The molecule has 2 aliphatic rings. The van der Waals surface area contributed by atoms with Crippen LogP contribution < -0.4 is 5.32 Å². The van der Waals surface area contributed by atoms with E-state index in [2.05, 4.69) is 22.2 Å². The SMILES string of the molecule is CCC(NC(=O)C1CC2CC2C1)c1ncc[nH]1. The van der Waals surface area contributed by atoms with Gasteiger partial charge in [0.1, 0.15) is 5.82 Å². The molecule has 0 saturated heterocycles. The molecule has 1 amide bonds. The maximum absolute atomic E-state index is 12.1. The third-order valence-corrected chi connectivity index (χ3v) is 4.19. The van der Waals surface area contributed by atoms with Gasteiger partial charge in [0.05, 0.1) is 6.04 Å². The standard InChI is InChI=1S/C13H19N3O/c1-2-11(12-14-3-4-15-12)16-13(17)10-6-8-5-9(8)7-10/h3-4,8-11H,2,5-7H2,1H3,(H,14,15)(H,16,17). The number of carbonyl (C=O) groups is 1. The summed E-state index contributed by atoms with van der Waals surface area (Å²) in [4.78, 5) is 19.4. The zero-order chi connectivity index (χ0) is 11.8. The maximum Gasteiger partial charge on any atom is 0.223 e. The van der Waals surface area contributed by atoms with Crippen molar-refractivity contribution >= 4 is 5.91 Å². The van der Waals surface area contributed by atoms with Crippen LogP contribution in [0.5, 0.6) is 0 Å². The zero-order valence-electron chi connectivity index (χ0n) is 10.1. The molecular weight excluding hydrogens is 214 g/mol. The van der Waals surface area contributed by atoms with Gasteiger partial charge < -0.3 is 10.3 Å². The lowest BCUT2D eigenvalue weighted by Crippen LogP contribution is -2.33. The van der Waals surface area contributed by atoms with E-state index in [1.54, 1.807) is 12.4 Å². The highest BCUT2D eigenvalue weighted by Crippen LogP contribution is 2.54. The van der Waals surface area contributed by atoms with Crippen molar-refractivity contribution in [2.45, 2.75) is 38.6 Å². The first-order valence-corrected chi connectivity index (χ1v) is 6.57. The molecule has 0 aliphatic heterocycles. The quantitative estimate of drug-likeness (QED) is 0.836. The third-order valence-electron chi connectivity index (χ3n) is 4.19. The molecule has 1 heterocycles. The predicted molar refractivity (Wildman–Crippen MR) is 64.1 cm³/mol. The molecule has 0 aromatic carbocycles. The molecule has 1 aromatic rings. The summed E-state index contributed by atoms with van der Waals surface area (Å²) in [7, 11) is 0. The molecule has 92 valence electrons. The van der Waals surface area contributed by atoms with Crippen molar-refractivity contribution in [1.82, 2.24) is 15.3 Å². The molecule has 2 aliphatic carbocycles. The molecule has 4 nitrogen and oxygen atoms in total. The van der Waals surface area contributed by atoms with Gasteiger partial charge in [-0.2, -0.15) is 0 Å². The first kappa shape index (κ1) is 10.8. The van der Waals surface area contributed by atoms with Crippen LogP contribution in [0.1, 0.15) is 44.5 Å². The molecule has 2 N–H and O–H groups in total. The highest BCUT2D eigenvalue weighted by Gasteiger charge is 2.48. The summed E-state index contributed by atoms with van der Waals surface area (Å²) in [6, 6.07) is 0.0365. The van der Waals surface area contributed by atoms with Crippen LogP contribution in [-0.4, -0.2) is 15.9 Å². The van der Waals surface area contributed by atoms with Crippen LogP contribution in [-0.2, 0) is 4.79 Å². The monoisotopic (exact) mass is 233 g/mol. The number of nitrogens with one attached hydrogen (secondary N) is 2. The van der Waals surface area contributed by atoms with Gasteiger partial charge in [0.2, 0.25) is 5.91 Å². The van der Waals surface area contributed by atoms with E-state index >= 15 is 0 Å². The molecule has 0 spiro atoms. The van der Waals surface area contributed by atoms with Crippen LogP contribution in [0.15, 0.2) is 12.4 Å². The van der Waals surface area contributed by atoms with Crippen molar-refractivity contribution in [1.29, 1.82) is 0 Å². The average Bonchev–Trinajstić information content (AvgIpc) is 2.81. The Morgan fingerprint density at radius 1 is 1.53 bits per heavy atom. The minimum atomic E-state index is 0.0365. The van der Waals surface area contributed by atoms with Crippen molar-refractivity contribution in [3.63, 3.8) is 0 Å². The number of carbonyl (C=O) groups excluding carboxylic acids is 1. The van der Waals surface area contributed by atoms with Crippen LogP contribution in [0, 0.1) is 17.8 Å². The first-order chi connectivity index (χ1) is 8.28. The summed E-state index contributed by atoms with van der Waals surface area (Å²) in [6.07, 6.45) is 7.97. The van der Waals surface area contributed by atoms with E-state index in [0.717, 1.165) is 36.9 Å². The van der Waals surface area contributed by atoms with E-state index < -0.39 is 0 Å². The van der Waals surface area contributed by atoms with E-state index in [0.29, 0.717) is 0 Å². The van der Waals surface area contributed by atoms with Gasteiger partial charge in [0.25, 0.3) is 0 Å². The van der Waals surface area contributed by atoms with Gasteiger partial charge in [-0.05, 0) is 37.5 Å². The largest absolute Gasteiger partial charge is 0.347 e. The molecule has 2 fully saturated rings. The van der Waals surface area contributed by atoms with Crippen molar-refractivity contribution in [3.8, 4) is 0 Å². The Morgan fingerprint density at radius 2 is 2.29 bits per heavy atom. The number of aromatic amines is 1. The molecule has 4 heteroatoms. The fraction of sp³-hybridized carbons (Fsp3) is 0.692. The van der Waals surface area contributed by atoms with E-state index in [4.69, 9.17) is 0 Å². The molecule has 0 radical (unpaired) electrons. The second kappa shape index (κ2) is 4.17. The number of nitrogens with zero attached hydrogens (tertiary/aromatic N) is 1. The number of hydrogen-bond donors (Lipinski definition) is 2. The summed E-state index contributed by atoms with van der Waals surface area (Å²) in [6.45, 7) is 2.07. The fourth-order valence-corrected chi connectivity index (χ4v) is 3.05. The normalized spacial score (nSPS) is 31.9. The number of hydrogen-bond acceptors (Lipinski definition) is 2. The maximum atomic E-state index is 12.1. The Kier molecular flexibility index (Phi) is 2.65. The fourth-order valence-electron chi connectivity index (χ4n) is 3.05. The Hall–Kier alpha value is -1.32. The molecule has 0 bridgehead atoms. The molecule has 17 heavy (non-hydrogen) atoms. The molecule has 1 aromatic heterocycles. The molecule has 2 saturated carbocycles. The van der Waals surface area contributed by atoms with E-state index in [1.807, 2.05) is 0 Å². The highest BCUT2D eigenvalue weighted by molar-refractivity contribution is 5.79. The number of fused-ring (bicyclic) bond motifs is 1. The Bertz CT molecular complexity index is 391. The minimum Gasteiger partial charge on any atom is -0.347 e. The number of H-pyrrole nitrogens is 1. The van der Waals surface area contributed by atoms with Crippen molar-refractivity contribution < 1.29 is 4.79 Å². The zero-order valence-corrected chi connectivity index (χ0v) is 10.1. The van der Waals surface area contributed by atoms with Crippen LogP contribution in [0.2, 0.25) is 0 Å². The van der Waals surface area contributed by atoms with E-state index in [-0.39, 0.29) is 17.9 Å². The summed E-state index contributed by atoms with van der Waals surface area (Å²) in [5, 5.41) is 3.12. The van der Waals surface area contributed by atoms with Gasteiger partial charge in [-0.1, -0.05) is 6.92 Å². The summed E-state index contributed by atoms with van der Waals surface area (Å²) in [5.74, 6) is 3.05. The van der Waals surface area contributed by atoms with Gasteiger partial charge in [0, 0.05) is 18.3 Å². The molecule has 3 atom stereocenters. The Labute approximate surface area is 101 Å². The van der Waals surface area contributed by atoms with Gasteiger partial charge in [-0.15, -0.1) is 0 Å². The lowest BCUT2D eigenvalue weighted by molar-refractivity contribution is -0.126. The second-order valence-corrected chi connectivity index (χ2v) is 5.37. The number of amides is 1. The van der Waals surface area contributed by atoms with Gasteiger partial charge >= 0.3 is 0 Å². The van der Waals surface area contributed by atoms with Crippen LogP contribution in [0.4, 0.5) is 0 Å². The van der Waals surface area contributed by atoms with Gasteiger partial charge in [-0.25, -0.2) is 4.98 Å². The van der Waals surface area contributed by atoms with E-state index in [1.165, 1.54) is 6.42 Å². The third kappa shape index (κ3) is 2.08. The Morgan fingerprint density at radius 3 is 2.88 bits per heavy atom. The summed E-state index contributed by atoms with van der Waals surface area (Å²) >= 11 is 0. The van der Waals surface area contributed by atoms with E-state index in [9.17, 15) is 4.79 Å². The summed E-state index contributed by atoms with van der Waals surface area (Å²) < 4.78 is 0. The molecule has 3 unspecified atom stereocenters. The number of aromatic nitrogens is 2. The van der Waals surface area contributed by atoms with Crippen LogP contribution in [0.25, 0.3) is 0 Å². The topological polar surface area (TPSA) is 57.8 Å². The average molecular weight is 233 g/mol. The number of imidazole rings is 1. The lowest BCUT2D eigenvalue weighted by atomic mass is 10.0. The number of rotatable bonds is 4. The Balaban J connectivity index is 1.59. The van der Waals surface area contributed by atoms with Crippen LogP contribution in [0.3, 0.4) is 0 Å². The van der Waals surface area contributed by atoms with Gasteiger partial charge in [-0.3, -0.25) is 4.79 Å². The first-order valence-electron chi connectivity index (χ1n) is 6.57. The lowest BCUT2D eigenvalue weighted by Gasteiger charge is -2.18. The van der Waals surface area contributed by atoms with Crippen molar-refractivity contribution in [2.24, 2.45) is 17.8 Å². The van der Waals surface area contributed by atoms with Gasteiger partial charge in [0.15, 0.2) is 0 Å². The van der Waals surface area contributed by atoms with Crippen molar-refractivity contribution in [2.75, 3.05) is 0 Å².